The lowest BCUT2D eigenvalue weighted by molar-refractivity contribution is -0.136. The second-order valence-corrected chi connectivity index (χ2v) is 11.3. The number of amides is 1. The zero-order chi connectivity index (χ0) is 28.2. The number of nitrogens with one attached hydrogen (secondary N) is 1. The van der Waals surface area contributed by atoms with Gasteiger partial charge >= 0.3 is 5.97 Å². The van der Waals surface area contributed by atoms with Crippen molar-refractivity contribution in [3.8, 4) is 5.75 Å². The molecule has 1 amide bonds. The Labute approximate surface area is 235 Å². The van der Waals surface area contributed by atoms with Crippen LogP contribution < -0.4 is 9.46 Å². The molecule has 0 saturated carbocycles. The second-order valence-electron chi connectivity index (χ2n) is 8.65. The maximum atomic E-state index is 13.4. The van der Waals surface area contributed by atoms with Crippen molar-refractivity contribution in [1.82, 2.24) is 9.62 Å². The molecule has 0 fully saturated rings. The quantitative estimate of drug-likeness (QED) is 0.265. The van der Waals surface area contributed by atoms with Crippen LogP contribution in [0.3, 0.4) is 0 Å². The van der Waals surface area contributed by atoms with Crippen LogP contribution in [-0.2, 0) is 37.3 Å². The number of allylic oxidation sites excluding steroid dienone is 1. The molecule has 1 N–H and O–H groups in total. The molecule has 3 aromatic rings. The summed E-state index contributed by atoms with van der Waals surface area (Å²) in [6.45, 7) is 1.96. The number of hydrogen-bond acceptors (Lipinski definition) is 7. The van der Waals surface area contributed by atoms with Gasteiger partial charge in [0.15, 0.2) is 0 Å². The molecule has 1 aliphatic rings. The van der Waals surface area contributed by atoms with E-state index in [0.717, 1.165) is 15.8 Å². The fraction of sp³-hybridized carbons (Fsp3) is 0.214. The Morgan fingerprint density at radius 3 is 2.38 bits per heavy atom. The molecule has 0 radical (unpaired) electrons. The number of carbonyl (C=O) groups is 2. The van der Waals surface area contributed by atoms with Crippen molar-refractivity contribution in [2.45, 2.75) is 24.8 Å². The average molecular weight is 616 g/mol. The number of ether oxygens (including phenoxy) is 2. The highest BCUT2D eigenvalue weighted by molar-refractivity contribution is 9.10. The highest BCUT2D eigenvalue weighted by Crippen LogP contribution is 2.32. The predicted octanol–water partition coefficient (Wildman–Crippen LogP) is 4.44. The van der Waals surface area contributed by atoms with Crippen molar-refractivity contribution in [1.29, 1.82) is 0 Å². The van der Waals surface area contributed by atoms with Crippen LogP contribution >= 0.6 is 15.9 Å². The van der Waals surface area contributed by atoms with Crippen molar-refractivity contribution in [2.75, 3.05) is 20.8 Å². The van der Waals surface area contributed by atoms with Crippen molar-refractivity contribution in [3.05, 3.63) is 99.1 Å². The summed E-state index contributed by atoms with van der Waals surface area (Å²) >= 11 is 3.28. The van der Waals surface area contributed by atoms with Gasteiger partial charge in [-0.2, -0.15) is 0 Å². The number of hydrogen-bond donors (Lipinski definition) is 1. The normalized spacial score (nSPS) is 14.8. The van der Waals surface area contributed by atoms with Crippen molar-refractivity contribution in [2.24, 2.45) is 0 Å². The van der Waals surface area contributed by atoms with Gasteiger partial charge in [-0.05, 0) is 73.5 Å². The van der Waals surface area contributed by atoms with Crippen LogP contribution in [0, 0.1) is 0 Å². The molecule has 0 aliphatic carbocycles. The number of methoxy groups -OCH3 is 2. The predicted molar refractivity (Wildman–Crippen MR) is 148 cm³/mol. The number of rotatable bonds is 10. The Bertz CT molecular complexity index is 1540. The first-order valence-corrected chi connectivity index (χ1v) is 14.2. The van der Waals surface area contributed by atoms with Gasteiger partial charge in [-0.15, -0.1) is 0 Å². The largest absolute Gasteiger partial charge is 0.497 e. The van der Waals surface area contributed by atoms with E-state index in [1.54, 1.807) is 43.2 Å². The summed E-state index contributed by atoms with van der Waals surface area (Å²) in [5.74, 6) is 0.389. The first-order chi connectivity index (χ1) is 18.6. The van der Waals surface area contributed by atoms with E-state index in [1.807, 2.05) is 24.3 Å². The minimum atomic E-state index is -3.75. The number of nitrogens with zero attached hydrogens (tertiary/aromatic N) is 1. The molecule has 0 atom stereocenters. The topological polar surface area (TPSA) is 115 Å². The summed E-state index contributed by atoms with van der Waals surface area (Å²) in [6, 6.07) is 17.0. The molecule has 2 heterocycles. The van der Waals surface area contributed by atoms with Gasteiger partial charge in [0, 0.05) is 16.7 Å². The third-order valence-corrected chi connectivity index (χ3v) is 8.16. The SMILES string of the molecule is COC(=O)C1=C(C)N(CCc2ccc(OC)cc2)C(=O)/C1=C\c1ccc(CNS(=O)(=O)c2ccc(Br)cc2)o1. The maximum Gasteiger partial charge on any atom is 0.340 e. The summed E-state index contributed by atoms with van der Waals surface area (Å²) in [7, 11) is -0.898. The van der Waals surface area contributed by atoms with Gasteiger partial charge in [-0.3, -0.25) is 4.79 Å². The molecule has 4 rings (SSSR count). The number of sulfonamides is 1. The highest BCUT2D eigenvalue weighted by atomic mass is 79.9. The molecule has 39 heavy (non-hydrogen) atoms. The number of esters is 1. The maximum absolute atomic E-state index is 13.4. The van der Waals surface area contributed by atoms with Gasteiger partial charge in [-0.1, -0.05) is 28.1 Å². The average Bonchev–Trinajstić information content (AvgIpc) is 3.48. The number of carbonyl (C=O) groups excluding carboxylic acids is 2. The Kier molecular flexibility index (Phi) is 8.73. The number of halogens is 1. The van der Waals surface area contributed by atoms with Crippen LogP contribution in [0.2, 0.25) is 0 Å². The standard InChI is InChI=1S/C28H27BrN2O7S/c1-18-26(28(33)37-3)25(27(32)31(18)15-14-19-4-8-21(36-2)9-5-19)16-22-10-11-23(38-22)17-30-39(34,35)24-12-6-20(29)7-13-24/h4-13,16,30H,14-15,17H2,1-3H3/b25-16-. The van der Waals surface area contributed by atoms with E-state index in [9.17, 15) is 18.0 Å². The molecule has 0 unspecified atom stereocenters. The van der Waals surface area contributed by atoms with Gasteiger partial charge in [0.1, 0.15) is 17.3 Å². The highest BCUT2D eigenvalue weighted by Gasteiger charge is 2.37. The van der Waals surface area contributed by atoms with Gasteiger partial charge in [0.2, 0.25) is 10.0 Å². The fourth-order valence-corrected chi connectivity index (χ4v) is 5.36. The first kappa shape index (κ1) is 28.3. The van der Waals surface area contributed by atoms with Gasteiger partial charge in [0.25, 0.3) is 5.91 Å². The van der Waals surface area contributed by atoms with Crippen LogP contribution in [0.4, 0.5) is 0 Å². The van der Waals surface area contributed by atoms with E-state index in [2.05, 4.69) is 20.7 Å². The second kappa shape index (κ2) is 12.0. The van der Waals surface area contributed by atoms with Crippen molar-refractivity contribution < 1.29 is 31.9 Å². The minimum absolute atomic E-state index is 0.0950. The van der Waals surface area contributed by atoms with Gasteiger partial charge < -0.3 is 18.8 Å². The summed E-state index contributed by atoms with van der Waals surface area (Å²) in [5, 5.41) is 0. The van der Waals surface area contributed by atoms with Crippen LogP contribution in [0.25, 0.3) is 6.08 Å². The van der Waals surface area contributed by atoms with E-state index in [0.29, 0.717) is 30.2 Å². The molecule has 1 aromatic heterocycles. The first-order valence-electron chi connectivity index (χ1n) is 11.9. The summed E-state index contributed by atoms with van der Waals surface area (Å²) < 4.78 is 44.3. The smallest absolute Gasteiger partial charge is 0.340 e. The zero-order valence-corrected chi connectivity index (χ0v) is 24.0. The van der Waals surface area contributed by atoms with E-state index in [1.165, 1.54) is 25.3 Å². The monoisotopic (exact) mass is 614 g/mol. The van der Waals surface area contributed by atoms with Crippen LogP contribution in [0.5, 0.6) is 5.75 Å². The van der Waals surface area contributed by atoms with Gasteiger partial charge in [-0.25, -0.2) is 17.9 Å². The Morgan fingerprint density at radius 1 is 1.05 bits per heavy atom. The molecule has 9 nitrogen and oxygen atoms in total. The third-order valence-electron chi connectivity index (χ3n) is 6.21. The van der Waals surface area contributed by atoms with E-state index in [-0.39, 0.29) is 28.5 Å². The number of furan rings is 1. The lowest BCUT2D eigenvalue weighted by Crippen LogP contribution is -2.27. The van der Waals surface area contributed by atoms with Crippen molar-refractivity contribution >= 4 is 43.9 Å². The number of benzene rings is 2. The Morgan fingerprint density at radius 2 is 1.74 bits per heavy atom. The Balaban J connectivity index is 1.50. The molecular weight excluding hydrogens is 588 g/mol. The van der Waals surface area contributed by atoms with Gasteiger partial charge in [0.05, 0.1) is 36.8 Å². The van der Waals surface area contributed by atoms with E-state index in [4.69, 9.17) is 13.9 Å². The third kappa shape index (κ3) is 6.49. The lowest BCUT2D eigenvalue weighted by Gasteiger charge is -2.17. The molecule has 0 saturated heterocycles. The summed E-state index contributed by atoms with van der Waals surface area (Å²) in [4.78, 5) is 27.6. The van der Waals surface area contributed by atoms with Crippen LogP contribution in [0.15, 0.2) is 91.3 Å². The summed E-state index contributed by atoms with van der Waals surface area (Å²) in [6.07, 6.45) is 2.04. The van der Waals surface area contributed by atoms with E-state index < -0.39 is 16.0 Å². The molecule has 0 spiro atoms. The van der Waals surface area contributed by atoms with Crippen LogP contribution in [0.1, 0.15) is 24.0 Å². The molecular formula is C28H27BrN2O7S. The molecule has 11 heteroatoms. The fourth-order valence-electron chi connectivity index (χ4n) is 4.10. The summed E-state index contributed by atoms with van der Waals surface area (Å²) in [5.41, 5.74) is 1.80. The lowest BCUT2D eigenvalue weighted by atomic mass is 10.1. The Hall–Kier alpha value is -3.67. The molecule has 204 valence electrons. The van der Waals surface area contributed by atoms with Crippen molar-refractivity contribution in [3.63, 3.8) is 0 Å². The van der Waals surface area contributed by atoms with E-state index >= 15 is 0 Å². The minimum Gasteiger partial charge on any atom is -0.497 e. The molecule has 0 bridgehead atoms. The van der Waals surface area contributed by atoms with Crippen LogP contribution in [-0.4, -0.2) is 46.0 Å². The molecule has 2 aromatic carbocycles. The zero-order valence-electron chi connectivity index (χ0n) is 21.6. The molecule has 1 aliphatic heterocycles.